The fraction of sp³-hybridized carbons (Fsp3) is 0.211. The Morgan fingerprint density at radius 3 is 2.72 bits per heavy atom. The first-order valence-corrected chi connectivity index (χ1v) is 9.65. The zero-order valence-corrected chi connectivity index (χ0v) is 16.6. The molecule has 1 aliphatic heterocycles. The second-order valence-electron chi connectivity index (χ2n) is 6.22. The number of fused-ring (bicyclic) bond motifs is 1. The van der Waals surface area contributed by atoms with Crippen LogP contribution in [0.5, 0.6) is 17.2 Å². The number of nitrogen functional groups attached to an aromatic ring is 1. The number of amides is 1. The third kappa shape index (κ3) is 3.92. The predicted octanol–water partition coefficient (Wildman–Crippen LogP) is 2.52. The Morgan fingerprint density at radius 2 is 1.97 bits per heavy atom. The SMILES string of the molecule is COc1ccc(-c2nnc(S[C@@H](C)C(=O)Nc3ccc4c(c3)OCO4)n2N)cc1. The molecular formula is C19H19N5O4S. The average Bonchev–Trinajstić information content (AvgIpc) is 3.34. The second kappa shape index (κ2) is 7.92. The van der Waals surface area contributed by atoms with E-state index in [1.54, 1.807) is 32.2 Å². The molecule has 0 saturated heterocycles. The van der Waals surface area contributed by atoms with E-state index < -0.39 is 5.25 Å². The molecule has 0 fully saturated rings. The van der Waals surface area contributed by atoms with Gasteiger partial charge >= 0.3 is 0 Å². The van der Waals surface area contributed by atoms with Gasteiger partial charge < -0.3 is 25.4 Å². The molecule has 2 heterocycles. The van der Waals surface area contributed by atoms with Crippen molar-refractivity contribution in [2.75, 3.05) is 25.1 Å². The molecule has 1 amide bonds. The van der Waals surface area contributed by atoms with Crippen molar-refractivity contribution in [2.45, 2.75) is 17.3 Å². The molecule has 0 unspecified atom stereocenters. The highest BCUT2D eigenvalue weighted by Crippen LogP contribution is 2.34. The topological polar surface area (TPSA) is 114 Å². The first-order valence-electron chi connectivity index (χ1n) is 8.77. The first kappa shape index (κ1) is 18.9. The van der Waals surface area contributed by atoms with Crippen molar-refractivity contribution in [3.63, 3.8) is 0 Å². The summed E-state index contributed by atoms with van der Waals surface area (Å²) in [6.07, 6.45) is 0. The minimum atomic E-state index is -0.448. The maximum atomic E-state index is 12.6. The van der Waals surface area contributed by atoms with E-state index in [1.165, 1.54) is 16.4 Å². The summed E-state index contributed by atoms with van der Waals surface area (Å²) in [7, 11) is 1.60. The minimum Gasteiger partial charge on any atom is -0.497 e. The predicted molar refractivity (Wildman–Crippen MR) is 109 cm³/mol. The third-order valence-corrected chi connectivity index (χ3v) is 5.36. The Bertz CT molecular complexity index is 1040. The Kier molecular flexibility index (Phi) is 5.17. The summed E-state index contributed by atoms with van der Waals surface area (Å²) in [4.78, 5) is 12.6. The molecule has 1 atom stereocenters. The molecule has 2 aromatic carbocycles. The summed E-state index contributed by atoms with van der Waals surface area (Å²) in [6.45, 7) is 1.95. The maximum absolute atomic E-state index is 12.6. The number of rotatable bonds is 6. The Morgan fingerprint density at radius 1 is 1.21 bits per heavy atom. The van der Waals surface area contributed by atoms with Crippen molar-refractivity contribution in [2.24, 2.45) is 0 Å². The summed E-state index contributed by atoms with van der Waals surface area (Å²) >= 11 is 1.22. The largest absolute Gasteiger partial charge is 0.497 e. The van der Waals surface area contributed by atoms with Crippen molar-refractivity contribution in [3.05, 3.63) is 42.5 Å². The molecule has 10 heteroatoms. The lowest BCUT2D eigenvalue weighted by molar-refractivity contribution is -0.115. The normalized spacial score (nSPS) is 13.2. The van der Waals surface area contributed by atoms with Crippen LogP contribution in [0.2, 0.25) is 0 Å². The van der Waals surface area contributed by atoms with E-state index in [2.05, 4.69) is 15.5 Å². The van der Waals surface area contributed by atoms with Crippen molar-refractivity contribution >= 4 is 23.4 Å². The zero-order chi connectivity index (χ0) is 20.4. The highest BCUT2D eigenvalue weighted by atomic mass is 32.2. The average molecular weight is 413 g/mol. The third-order valence-electron chi connectivity index (χ3n) is 4.30. The van der Waals surface area contributed by atoms with Gasteiger partial charge in [0.2, 0.25) is 17.9 Å². The van der Waals surface area contributed by atoms with Crippen LogP contribution in [0.25, 0.3) is 11.4 Å². The number of nitrogens with two attached hydrogens (primary N) is 1. The van der Waals surface area contributed by atoms with E-state index in [0.717, 1.165) is 11.3 Å². The lowest BCUT2D eigenvalue weighted by Gasteiger charge is -2.12. The zero-order valence-electron chi connectivity index (χ0n) is 15.8. The maximum Gasteiger partial charge on any atom is 0.237 e. The van der Waals surface area contributed by atoms with Gasteiger partial charge in [-0.2, -0.15) is 0 Å². The van der Waals surface area contributed by atoms with Gasteiger partial charge in [-0.3, -0.25) is 4.79 Å². The van der Waals surface area contributed by atoms with Crippen LogP contribution >= 0.6 is 11.8 Å². The molecule has 0 radical (unpaired) electrons. The Hall–Kier alpha value is -3.40. The van der Waals surface area contributed by atoms with Crippen molar-refractivity contribution in [1.29, 1.82) is 0 Å². The summed E-state index contributed by atoms with van der Waals surface area (Å²) in [5.41, 5.74) is 1.42. The monoisotopic (exact) mass is 413 g/mol. The van der Waals surface area contributed by atoms with E-state index in [4.69, 9.17) is 20.1 Å². The lowest BCUT2D eigenvalue weighted by atomic mass is 10.2. The summed E-state index contributed by atoms with van der Waals surface area (Å²) < 4.78 is 17.1. The number of anilines is 1. The van der Waals surface area contributed by atoms with Gasteiger partial charge in [0.15, 0.2) is 17.3 Å². The smallest absolute Gasteiger partial charge is 0.237 e. The molecule has 0 bridgehead atoms. The molecule has 1 aromatic heterocycles. The fourth-order valence-electron chi connectivity index (χ4n) is 2.72. The van der Waals surface area contributed by atoms with Gasteiger partial charge in [-0.1, -0.05) is 11.8 Å². The molecule has 29 heavy (non-hydrogen) atoms. The van der Waals surface area contributed by atoms with E-state index in [1.807, 2.05) is 24.3 Å². The number of aromatic nitrogens is 3. The molecule has 150 valence electrons. The fourth-order valence-corrected chi connectivity index (χ4v) is 3.49. The quantitative estimate of drug-likeness (QED) is 0.468. The first-order chi connectivity index (χ1) is 14.0. The highest BCUT2D eigenvalue weighted by molar-refractivity contribution is 8.00. The molecule has 0 aliphatic carbocycles. The van der Waals surface area contributed by atoms with Gasteiger partial charge in [-0.25, -0.2) is 4.68 Å². The number of methoxy groups -OCH3 is 1. The van der Waals surface area contributed by atoms with Crippen LogP contribution in [-0.2, 0) is 4.79 Å². The van der Waals surface area contributed by atoms with E-state index in [9.17, 15) is 4.79 Å². The Labute approximate surface area is 171 Å². The molecule has 3 N–H and O–H groups in total. The van der Waals surface area contributed by atoms with Crippen LogP contribution in [-0.4, -0.2) is 39.9 Å². The van der Waals surface area contributed by atoms with Crippen LogP contribution in [0.1, 0.15) is 6.92 Å². The number of nitrogens with zero attached hydrogens (tertiary/aromatic N) is 3. The van der Waals surface area contributed by atoms with Gasteiger partial charge in [-0.05, 0) is 43.3 Å². The van der Waals surface area contributed by atoms with E-state index >= 15 is 0 Å². The van der Waals surface area contributed by atoms with Crippen LogP contribution in [0.4, 0.5) is 5.69 Å². The van der Waals surface area contributed by atoms with Crippen LogP contribution in [0.3, 0.4) is 0 Å². The van der Waals surface area contributed by atoms with Gasteiger partial charge in [0.1, 0.15) is 5.75 Å². The van der Waals surface area contributed by atoms with Crippen molar-refractivity contribution in [1.82, 2.24) is 14.9 Å². The van der Waals surface area contributed by atoms with E-state index in [-0.39, 0.29) is 12.7 Å². The summed E-state index contributed by atoms with van der Waals surface area (Å²) in [6, 6.07) is 12.6. The number of carbonyl (C=O) groups is 1. The second-order valence-corrected chi connectivity index (χ2v) is 7.53. The summed E-state index contributed by atoms with van der Waals surface area (Å²) in [5, 5.41) is 11.1. The number of benzene rings is 2. The Balaban J connectivity index is 1.43. The molecule has 0 spiro atoms. The van der Waals surface area contributed by atoms with Gasteiger partial charge in [-0.15, -0.1) is 10.2 Å². The number of thioether (sulfide) groups is 1. The van der Waals surface area contributed by atoms with Crippen molar-refractivity contribution < 1.29 is 19.0 Å². The standard InChI is InChI=1S/C19H19N5O4S/c1-11(18(25)21-13-5-8-15-16(9-13)28-10-27-15)29-19-23-22-17(24(19)20)12-3-6-14(26-2)7-4-12/h3-9,11H,10,20H2,1-2H3,(H,21,25)/t11-/m0/s1. The highest BCUT2D eigenvalue weighted by Gasteiger charge is 2.21. The van der Waals surface area contributed by atoms with Gasteiger partial charge in [0.05, 0.1) is 12.4 Å². The van der Waals surface area contributed by atoms with E-state index in [0.29, 0.717) is 28.2 Å². The lowest BCUT2D eigenvalue weighted by Crippen LogP contribution is -2.23. The molecule has 3 aromatic rings. The van der Waals surface area contributed by atoms with Gasteiger partial charge in [0, 0.05) is 17.3 Å². The van der Waals surface area contributed by atoms with Crippen LogP contribution in [0, 0.1) is 0 Å². The number of ether oxygens (including phenoxy) is 3. The number of hydrogen-bond donors (Lipinski definition) is 2. The number of carbonyl (C=O) groups excluding carboxylic acids is 1. The molecule has 9 nitrogen and oxygen atoms in total. The minimum absolute atomic E-state index is 0.182. The molecule has 1 aliphatic rings. The van der Waals surface area contributed by atoms with Gasteiger partial charge in [0.25, 0.3) is 0 Å². The number of nitrogens with one attached hydrogen (secondary N) is 1. The van der Waals surface area contributed by atoms with Crippen LogP contribution < -0.4 is 25.4 Å². The molecule has 0 saturated carbocycles. The van der Waals surface area contributed by atoms with Crippen LogP contribution in [0.15, 0.2) is 47.6 Å². The number of hydrogen-bond acceptors (Lipinski definition) is 8. The van der Waals surface area contributed by atoms with Crippen molar-refractivity contribution in [3.8, 4) is 28.6 Å². The molecule has 4 rings (SSSR count). The molecular weight excluding hydrogens is 394 g/mol. The summed E-state index contributed by atoms with van der Waals surface area (Å²) in [5.74, 6) is 8.45.